The number of hydrogen-bond donors (Lipinski definition) is 0. The molecule has 0 saturated carbocycles. The lowest BCUT2D eigenvalue weighted by Crippen LogP contribution is -2.38. The number of carbonyl (C=O) groups excluding carboxylic acids is 1. The number of nitrogens with zero attached hydrogens (tertiary/aromatic N) is 3. The zero-order valence-electron chi connectivity index (χ0n) is 16.9. The lowest BCUT2D eigenvalue weighted by molar-refractivity contribution is -0.114. The van der Waals surface area contributed by atoms with Crippen LogP contribution in [-0.4, -0.2) is 42.0 Å². The molecule has 4 nitrogen and oxygen atoms in total. The first-order valence-corrected chi connectivity index (χ1v) is 11.3. The first-order chi connectivity index (χ1) is 13.5. The van der Waals surface area contributed by atoms with Crippen LogP contribution in [0.3, 0.4) is 0 Å². The Labute approximate surface area is 175 Å². The molecular formula is C22H27N3OS2. The minimum Gasteiger partial charge on any atom is -0.302 e. The number of thiazole rings is 1. The van der Waals surface area contributed by atoms with Gasteiger partial charge in [0.15, 0.2) is 5.13 Å². The van der Waals surface area contributed by atoms with Crippen LogP contribution >= 0.6 is 22.7 Å². The molecule has 0 spiro atoms. The zero-order valence-corrected chi connectivity index (χ0v) is 18.6. The van der Waals surface area contributed by atoms with Crippen LogP contribution in [0.15, 0.2) is 35.7 Å². The van der Waals surface area contributed by atoms with E-state index in [0.29, 0.717) is 6.54 Å². The van der Waals surface area contributed by atoms with Gasteiger partial charge in [0.25, 0.3) is 5.91 Å². The molecule has 0 aliphatic rings. The molecule has 3 rings (SSSR count). The lowest BCUT2D eigenvalue weighted by atomic mass is 10.1. The van der Waals surface area contributed by atoms with Gasteiger partial charge in [-0.3, -0.25) is 9.69 Å². The quantitative estimate of drug-likeness (QED) is 0.466. The van der Waals surface area contributed by atoms with Crippen LogP contribution in [0.1, 0.15) is 29.9 Å². The molecule has 2 aromatic heterocycles. The van der Waals surface area contributed by atoms with Crippen molar-refractivity contribution >= 4 is 50.0 Å². The fraction of sp³-hybridized carbons (Fsp3) is 0.364. The highest BCUT2D eigenvalue weighted by Crippen LogP contribution is 2.32. The van der Waals surface area contributed by atoms with Crippen molar-refractivity contribution in [1.29, 1.82) is 0 Å². The number of thiophene rings is 1. The smallest absolute Gasteiger partial charge is 0.252 e. The van der Waals surface area contributed by atoms with E-state index in [0.717, 1.165) is 39.9 Å². The summed E-state index contributed by atoms with van der Waals surface area (Å²) in [5, 5.41) is 2.79. The average Bonchev–Trinajstić information content (AvgIpc) is 3.36. The van der Waals surface area contributed by atoms with Gasteiger partial charge >= 0.3 is 0 Å². The predicted octanol–water partition coefficient (Wildman–Crippen LogP) is 5.36. The summed E-state index contributed by atoms with van der Waals surface area (Å²) in [6, 6.07) is 8.23. The number of amides is 1. The van der Waals surface area contributed by atoms with E-state index in [9.17, 15) is 4.79 Å². The Balaban J connectivity index is 1.90. The molecule has 0 unspecified atom stereocenters. The Hall–Kier alpha value is -2.02. The van der Waals surface area contributed by atoms with Crippen molar-refractivity contribution in [1.82, 2.24) is 9.88 Å². The van der Waals surface area contributed by atoms with Gasteiger partial charge < -0.3 is 4.90 Å². The van der Waals surface area contributed by atoms with Crippen LogP contribution in [0.2, 0.25) is 0 Å². The molecule has 28 heavy (non-hydrogen) atoms. The normalized spacial score (nSPS) is 11.8. The number of carbonyl (C=O) groups is 1. The summed E-state index contributed by atoms with van der Waals surface area (Å²) in [5.41, 5.74) is 3.41. The van der Waals surface area contributed by atoms with Gasteiger partial charge in [-0.25, -0.2) is 4.98 Å². The summed E-state index contributed by atoms with van der Waals surface area (Å²) in [4.78, 5) is 23.1. The van der Waals surface area contributed by atoms with Crippen LogP contribution in [-0.2, 0) is 4.79 Å². The molecule has 3 aromatic rings. The second-order valence-corrected chi connectivity index (χ2v) is 8.70. The third-order valence-electron chi connectivity index (χ3n) is 5.04. The third kappa shape index (κ3) is 4.69. The first kappa shape index (κ1) is 20.7. The first-order valence-electron chi connectivity index (χ1n) is 9.65. The van der Waals surface area contributed by atoms with Gasteiger partial charge in [-0.05, 0) is 61.7 Å². The monoisotopic (exact) mass is 413 g/mol. The van der Waals surface area contributed by atoms with Crippen molar-refractivity contribution in [3.8, 4) is 0 Å². The summed E-state index contributed by atoms with van der Waals surface area (Å²) >= 11 is 3.22. The number of anilines is 1. The topological polar surface area (TPSA) is 36.4 Å². The minimum atomic E-state index is -0.0195. The average molecular weight is 414 g/mol. The highest BCUT2D eigenvalue weighted by Gasteiger charge is 2.19. The van der Waals surface area contributed by atoms with Crippen molar-refractivity contribution < 1.29 is 4.79 Å². The molecule has 0 aliphatic carbocycles. The summed E-state index contributed by atoms with van der Waals surface area (Å²) < 4.78 is 1.13. The molecule has 1 aromatic carbocycles. The van der Waals surface area contributed by atoms with Crippen LogP contribution in [0.25, 0.3) is 16.3 Å². The standard InChI is InChI=1S/C22H27N3OS2/c1-5-24(6-2)13-14-25(20(26)12-10-18-8-7-15-27-18)22-23-21-17(4)16(3)9-11-19(21)28-22/h7-12,15H,5-6,13-14H2,1-4H3. The van der Waals surface area contributed by atoms with E-state index < -0.39 is 0 Å². The number of fused-ring (bicyclic) bond motifs is 1. The van der Waals surface area contributed by atoms with Gasteiger partial charge in [0.05, 0.1) is 10.2 Å². The van der Waals surface area contributed by atoms with Gasteiger partial charge in [0, 0.05) is 24.0 Å². The molecule has 2 heterocycles. The van der Waals surface area contributed by atoms with Crippen molar-refractivity contribution in [2.75, 3.05) is 31.1 Å². The molecule has 0 atom stereocenters. The van der Waals surface area contributed by atoms with Crippen LogP contribution in [0, 0.1) is 13.8 Å². The van der Waals surface area contributed by atoms with Crippen molar-refractivity contribution in [2.24, 2.45) is 0 Å². The SMILES string of the molecule is CCN(CC)CCN(C(=O)C=Cc1cccs1)c1nc2c(C)c(C)ccc2s1. The lowest BCUT2D eigenvalue weighted by Gasteiger charge is -2.23. The van der Waals surface area contributed by atoms with Crippen LogP contribution in [0.5, 0.6) is 0 Å². The van der Waals surface area contributed by atoms with Gasteiger partial charge in [0.1, 0.15) is 0 Å². The summed E-state index contributed by atoms with van der Waals surface area (Å²) in [6.45, 7) is 11.9. The number of aromatic nitrogens is 1. The van der Waals surface area contributed by atoms with E-state index in [1.54, 1.807) is 28.7 Å². The second-order valence-electron chi connectivity index (χ2n) is 6.72. The molecule has 0 saturated heterocycles. The van der Waals surface area contributed by atoms with Crippen LogP contribution < -0.4 is 4.90 Å². The largest absolute Gasteiger partial charge is 0.302 e. The van der Waals surface area contributed by atoms with Gasteiger partial charge in [-0.2, -0.15) is 0 Å². The maximum atomic E-state index is 13.0. The zero-order chi connectivity index (χ0) is 20.1. The maximum absolute atomic E-state index is 13.0. The van der Waals surface area contributed by atoms with E-state index in [1.165, 1.54) is 11.1 Å². The molecule has 6 heteroatoms. The van der Waals surface area contributed by atoms with Gasteiger partial charge in [0.2, 0.25) is 0 Å². The van der Waals surface area contributed by atoms with Crippen molar-refractivity contribution in [3.05, 3.63) is 51.7 Å². The molecule has 0 bridgehead atoms. The molecule has 0 fully saturated rings. The fourth-order valence-electron chi connectivity index (χ4n) is 3.04. The van der Waals surface area contributed by atoms with Crippen molar-refractivity contribution in [2.45, 2.75) is 27.7 Å². The molecule has 0 N–H and O–H groups in total. The van der Waals surface area contributed by atoms with E-state index in [2.05, 4.69) is 44.7 Å². The summed E-state index contributed by atoms with van der Waals surface area (Å²) in [7, 11) is 0. The number of aryl methyl sites for hydroxylation is 2. The molecule has 0 aliphatic heterocycles. The van der Waals surface area contributed by atoms with Crippen LogP contribution in [0.4, 0.5) is 5.13 Å². The van der Waals surface area contributed by atoms with Gasteiger partial charge in [-0.1, -0.05) is 37.3 Å². The molecule has 148 valence electrons. The second kappa shape index (κ2) is 9.45. The van der Waals surface area contributed by atoms with E-state index in [-0.39, 0.29) is 5.91 Å². The Kier molecular flexibility index (Phi) is 6.99. The summed E-state index contributed by atoms with van der Waals surface area (Å²) in [6.07, 6.45) is 3.55. The number of hydrogen-bond acceptors (Lipinski definition) is 5. The maximum Gasteiger partial charge on any atom is 0.252 e. The predicted molar refractivity (Wildman–Crippen MR) is 123 cm³/mol. The van der Waals surface area contributed by atoms with E-state index in [4.69, 9.17) is 4.98 Å². The van der Waals surface area contributed by atoms with Crippen molar-refractivity contribution in [3.63, 3.8) is 0 Å². The molecule has 0 radical (unpaired) electrons. The number of likely N-dealkylation sites (N-methyl/N-ethyl adjacent to an activating group) is 1. The van der Waals surface area contributed by atoms with E-state index >= 15 is 0 Å². The fourth-order valence-corrected chi connectivity index (χ4v) is 4.72. The number of benzene rings is 1. The number of rotatable bonds is 8. The third-order valence-corrected chi connectivity index (χ3v) is 6.92. The Morgan fingerprint density at radius 3 is 2.61 bits per heavy atom. The molecular weight excluding hydrogens is 386 g/mol. The Morgan fingerprint density at radius 2 is 1.93 bits per heavy atom. The Morgan fingerprint density at radius 1 is 1.14 bits per heavy atom. The van der Waals surface area contributed by atoms with E-state index in [1.807, 2.05) is 28.5 Å². The highest BCUT2D eigenvalue weighted by atomic mass is 32.1. The van der Waals surface area contributed by atoms with Gasteiger partial charge in [-0.15, -0.1) is 11.3 Å². The summed E-state index contributed by atoms with van der Waals surface area (Å²) in [5.74, 6) is -0.0195. The highest BCUT2D eigenvalue weighted by molar-refractivity contribution is 7.22. The minimum absolute atomic E-state index is 0.0195. The Bertz CT molecular complexity index is 956. The molecule has 1 amide bonds.